The number of hydrogen-bond donors (Lipinski definition) is 2. The van der Waals surface area contributed by atoms with E-state index in [0.717, 1.165) is 17.5 Å². The molecule has 0 unspecified atom stereocenters. The van der Waals surface area contributed by atoms with Crippen molar-refractivity contribution < 1.29 is 24.5 Å². The predicted octanol–water partition coefficient (Wildman–Crippen LogP) is 5.49. The third-order valence-corrected chi connectivity index (χ3v) is 6.11. The molecule has 0 aliphatic carbocycles. The van der Waals surface area contributed by atoms with Crippen molar-refractivity contribution in [2.24, 2.45) is 5.92 Å². The van der Waals surface area contributed by atoms with Crippen LogP contribution in [0.25, 0.3) is 0 Å². The lowest BCUT2D eigenvalue weighted by Crippen LogP contribution is -2.42. The Hall–Kier alpha value is -2.95. The maximum Gasteiger partial charge on any atom is 0.174 e. The van der Waals surface area contributed by atoms with Gasteiger partial charge in [0.05, 0.1) is 6.42 Å². The standard InChI is InChI=1S/C25H28O5/c1-14(2)5-8-16-11-18-22(30-25(16,3)4)13-20(28)23-19(27)12-21(29-24(18)23)15-6-9-17(26)10-7-15/h5-7,9-10,13,16,21,26,28H,8,11-12H2,1-4H3/t16-,21+/m1/s1. The zero-order chi connectivity index (χ0) is 21.6. The average molecular weight is 408 g/mol. The van der Waals surface area contributed by atoms with E-state index in [1.54, 1.807) is 30.3 Å². The molecule has 5 heteroatoms. The quantitative estimate of drug-likeness (QED) is 0.657. The van der Waals surface area contributed by atoms with E-state index in [1.165, 1.54) is 5.57 Å². The van der Waals surface area contributed by atoms with Gasteiger partial charge in [-0.2, -0.15) is 0 Å². The molecule has 0 radical (unpaired) electrons. The number of carbonyl (C=O) groups is 1. The molecule has 0 fully saturated rings. The highest BCUT2D eigenvalue weighted by molar-refractivity contribution is 6.03. The summed E-state index contributed by atoms with van der Waals surface area (Å²) in [6.07, 6.45) is 3.43. The second-order valence-corrected chi connectivity index (χ2v) is 9.03. The molecule has 4 rings (SSSR count). The highest BCUT2D eigenvalue weighted by Crippen LogP contribution is 2.50. The van der Waals surface area contributed by atoms with Crippen LogP contribution < -0.4 is 9.47 Å². The lowest BCUT2D eigenvalue weighted by molar-refractivity contribution is 0.0256. The van der Waals surface area contributed by atoms with Gasteiger partial charge in [0, 0.05) is 17.5 Å². The molecular formula is C25H28O5. The molecule has 30 heavy (non-hydrogen) atoms. The van der Waals surface area contributed by atoms with Crippen LogP contribution in [-0.4, -0.2) is 21.6 Å². The molecule has 2 aliphatic rings. The fourth-order valence-corrected chi connectivity index (χ4v) is 4.28. The number of ether oxygens (including phenoxy) is 2. The molecule has 0 saturated carbocycles. The number of rotatable bonds is 3. The first-order valence-electron chi connectivity index (χ1n) is 10.4. The molecule has 2 heterocycles. The molecule has 2 atom stereocenters. The summed E-state index contributed by atoms with van der Waals surface area (Å²) in [5.74, 6) is 1.12. The minimum absolute atomic E-state index is 0.101. The molecule has 158 valence electrons. The van der Waals surface area contributed by atoms with E-state index in [1.807, 2.05) is 0 Å². The summed E-state index contributed by atoms with van der Waals surface area (Å²) in [5.41, 5.74) is 2.73. The van der Waals surface area contributed by atoms with Crippen LogP contribution in [0.2, 0.25) is 0 Å². The molecule has 0 bridgehead atoms. The van der Waals surface area contributed by atoms with Crippen LogP contribution in [0.1, 0.15) is 68.1 Å². The lowest BCUT2D eigenvalue weighted by atomic mass is 9.78. The highest BCUT2D eigenvalue weighted by Gasteiger charge is 2.41. The molecule has 2 aromatic carbocycles. The number of phenols is 2. The van der Waals surface area contributed by atoms with Gasteiger partial charge in [0.1, 0.15) is 40.3 Å². The molecule has 0 saturated heterocycles. The van der Waals surface area contributed by atoms with Crippen molar-refractivity contribution in [2.75, 3.05) is 0 Å². The normalized spacial score (nSPS) is 21.7. The molecule has 5 nitrogen and oxygen atoms in total. The zero-order valence-corrected chi connectivity index (χ0v) is 17.9. The fourth-order valence-electron chi connectivity index (χ4n) is 4.28. The summed E-state index contributed by atoms with van der Waals surface area (Å²) >= 11 is 0. The van der Waals surface area contributed by atoms with Gasteiger partial charge in [-0.1, -0.05) is 23.8 Å². The molecule has 0 aromatic heterocycles. The first-order chi connectivity index (χ1) is 14.2. The summed E-state index contributed by atoms with van der Waals surface area (Å²) in [6.45, 7) is 8.27. The van der Waals surface area contributed by atoms with Gasteiger partial charge < -0.3 is 19.7 Å². The average Bonchev–Trinajstić information content (AvgIpc) is 2.66. The Labute approximate surface area is 177 Å². The summed E-state index contributed by atoms with van der Waals surface area (Å²) < 4.78 is 12.6. The minimum Gasteiger partial charge on any atom is -0.508 e. The van der Waals surface area contributed by atoms with Gasteiger partial charge in [-0.25, -0.2) is 0 Å². The Morgan fingerprint density at radius 3 is 2.53 bits per heavy atom. The minimum atomic E-state index is -0.470. The largest absolute Gasteiger partial charge is 0.508 e. The van der Waals surface area contributed by atoms with E-state index in [0.29, 0.717) is 17.9 Å². The molecule has 0 amide bonds. The predicted molar refractivity (Wildman–Crippen MR) is 114 cm³/mol. The van der Waals surface area contributed by atoms with E-state index < -0.39 is 11.7 Å². The zero-order valence-electron chi connectivity index (χ0n) is 17.9. The second kappa shape index (κ2) is 7.38. The molecule has 0 spiro atoms. The van der Waals surface area contributed by atoms with Gasteiger partial charge in [0.2, 0.25) is 0 Å². The van der Waals surface area contributed by atoms with Crippen molar-refractivity contribution in [3.8, 4) is 23.0 Å². The number of carbonyl (C=O) groups excluding carboxylic acids is 1. The van der Waals surface area contributed by atoms with E-state index >= 15 is 0 Å². The van der Waals surface area contributed by atoms with Crippen molar-refractivity contribution in [3.63, 3.8) is 0 Å². The maximum absolute atomic E-state index is 12.9. The van der Waals surface area contributed by atoms with Gasteiger partial charge in [0.15, 0.2) is 5.78 Å². The Morgan fingerprint density at radius 2 is 1.87 bits per heavy atom. The maximum atomic E-state index is 12.9. The van der Waals surface area contributed by atoms with Crippen LogP contribution in [-0.2, 0) is 6.42 Å². The summed E-state index contributed by atoms with van der Waals surface area (Å²) in [7, 11) is 0. The van der Waals surface area contributed by atoms with Crippen molar-refractivity contribution in [1.82, 2.24) is 0 Å². The third-order valence-electron chi connectivity index (χ3n) is 6.11. The second-order valence-electron chi connectivity index (χ2n) is 9.03. The van der Waals surface area contributed by atoms with Crippen LogP contribution in [0, 0.1) is 5.92 Å². The van der Waals surface area contributed by atoms with Crippen LogP contribution in [0.15, 0.2) is 42.0 Å². The summed E-state index contributed by atoms with van der Waals surface area (Å²) in [6, 6.07) is 8.22. The molecular weight excluding hydrogens is 380 g/mol. The Kier molecular flexibility index (Phi) is 5.00. The topological polar surface area (TPSA) is 76.0 Å². The van der Waals surface area contributed by atoms with Crippen molar-refractivity contribution in [3.05, 3.63) is 58.7 Å². The molecule has 2 aromatic rings. The monoisotopic (exact) mass is 408 g/mol. The fraction of sp³-hybridized carbons (Fsp3) is 0.400. The number of fused-ring (bicyclic) bond motifs is 3. The van der Waals surface area contributed by atoms with Gasteiger partial charge >= 0.3 is 0 Å². The number of phenolic OH excluding ortho intramolecular Hbond substituents is 2. The number of ketones is 1. The number of benzene rings is 2. The van der Waals surface area contributed by atoms with Gasteiger partial charge in [-0.05, 0) is 58.2 Å². The molecule has 2 aliphatic heterocycles. The SMILES string of the molecule is CC(C)=CC[C@@H]1Cc2c(cc(O)c3c2O[C@H](c2ccc(O)cc2)CC3=O)OC1(C)C. The van der Waals surface area contributed by atoms with Gasteiger partial charge in [-0.15, -0.1) is 0 Å². The van der Waals surface area contributed by atoms with Crippen molar-refractivity contribution in [2.45, 2.75) is 58.7 Å². The van der Waals surface area contributed by atoms with Crippen molar-refractivity contribution in [1.29, 1.82) is 0 Å². The van der Waals surface area contributed by atoms with Gasteiger partial charge in [-0.3, -0.25) is 4.79 Å². The Bertz CT molecular complexity index is 1010. The van der Waals surface area contributed by atoms with Crippen LogP contribution in [0.4, 0.5) is 0 Å². The van der Waals surface area contributed by atoms with Crippen LogP contribution >= 0.6 is 0 Å². The first-order valence-corrected chi connectivity index (χ1v) is 10.4. The number of Topliss-reactive ketones (excluding diaryl/α,β-unsaturated/α-hetero) is 1. The number of allylic oxidation sites excluding steroid dienone is 2. The van der Waals surface area contributed by atoms with E-state index in [4.69, 9.17) is 9.47 Å². The van der Waals surface area contributed by atoms with Crippen LogP contribution in [0.5, 0.6) is 23.0 Å². The summed E-state index contributed by atoms with van der Waals surface area (Å²) in [4.78, 5) is 12.9. The number of aromatic hydroxyl groups is 2. The first kappa shape index (κ1) is 20.3. The van der Waals surface area contributed by atoms with E-state index in [2.05, 4.69) is 33.8 Å². The smallest absolute Gasteiger partial charge is 0.174 e. The summed E-state index contributed by atoms with van der Waals surface area (Å²) in [5, 5.41) is 20.1. The lowest BCUT2D eigenvalue weighted by Gasteiger charge is -2.41. The van der Waals surface area contributed by atoms with Gasteiger partial charge in [0.25, 0.3) is 0 Å². The highest BCUT2D eigenvalue weighted by atomic mass is 16.5. The Morgan fingerprint density at radius 1 is 1.17 bits per heavy atom. The number of hydrogen-bond acceptors (Lipinski definition) is 5. The van der Waals surface area contributed by atoms with E-state index in [9.17, 15) is 15.0 Å². The van der Waals surface area contributed by atoms with E-state index in [-0.39, 0.29) is 35.2 Å². The Balaban J connectivity index is 1.76. The van der Waals surface area contributed by atoms with Crippen molar-refractivity contribution >= 4 is 5.78 Å². The third kappa shape index (κ3) is 3.64. The molecule has 2 N–H and O–H groups in total. The van der Waals surface area contributed by atoms with Crippen LogP contribution in [0.3, 0.4) is 0 Å².